The molecule has 1 atom stereocenters. The van der Waals surface area contributed by atoms with Crippen LogP contribution >= 0.6 is 0 Å². The number of ether oxygens (including phenoxy) is 1. The van der Waals surface area contributed by atoms with Crippen molar-refractivity contribution < 1.29 is 9.84 Å². The lowest BCUT2D eigenvalue weighted by Crippen LogP contribution is -2.14. The van der Waals surface area contributed by atoms with E-state index in [1.54, 1.807) is 6.92 Å². The summed E-state index contributed by atoms with van der Waals surface area (Å²) in [4.78, 5) is 0. The smallest absolute Gasteiger partial charge is 0.171 e. The number of rotatable bonds is 4. The van der Waals surface area contributed by atoms with E-state index in [0.29, 0.717) is 6.61 Å². The molecule has 5 nitrogen and oxygen atoms in total. The van der Waals surface area contributed by atoms with Crippen molar-refractivity contribution in [3.8, 4) is 5.75 Å². The largest absolute Gasteiger partial charge is 0.485 e. The molecule has 0 amide bonds. The number of benzene rings is 1. The molecule has 2 heterocycles. The monoisotopic (exact) mass is 287 g/mol. The van der Waals surface area contributed by atoms with Gasteiger partial charge in [0.25, 0.3) is 0 Å². The Bertz CT molecular complexity index is 634. The molecule has 3 rings (SSSR count). The van der Waals surface area contributed by atoms with Gasteiger partial charge in [0.15, 0.2) is 5.82 Å². The van der Waals surface area contributed by atoms with Crippen LogP contribution in [0.5, 0.6) is 5.75 Å². The fourth-order valence-corrected chi connectivity index (χ4v) is 2.71. The number of hydrogen-bond acceptors (Lipinski definition) is 4. The van der Waals surface area contributed by atoms with Crippen molar-refractivity contribution in [2.45, 2.75) is 52.4 Å². The van der Waals surface area contributed by atoms with Gasteiger partial charge in [0.2, 0.25) is 0 Å². The zero-order valence-electron chi connectivity index (χ0n) is 12.5. The van der Waals surface area contributed by atoms with Gasteiger partial charge >= 0.3 is 0 Å². The highest BCUT2D eigenvalue weighted by Crippen LogP contribution is 2.24. The summed E-state index contributed by atoms with van der Waals surface area (Å²) < 4.78 is 8.05. The van der Waals surface area contributed by atoms with E-state index in [1.807, 2.05) is 25.1 Å². The number of aromatic nitrogens is 3. The fourth-order valence-electron chi connectivity index (χ4n) is 2.71. The van der Waals surface area contributed by atoms with Crippen LogP contribution in [-0.2, 0) is 19.6 Å². The molecule has 1 aliphatic rings. The number of hydrogen-bond donors (Lipinski definition) is 1. The van der Waals surface area contributed by atoms with Crippen LogP contribution in [0.2, 0.25) is 0 Å². The maximum Gasteiger partial charge on any atom is 0.171 e. The molecule has 0 spiro atoms. The number of fused-ring (bicyclic) bond motifs is 1. The molecule has 5 heteroatoms. The van der Waals surface area contributed by atoms with Crippen LogP contribution in [0.1, 0.15) is 48.6 Å². The molecular formula is C16H21N3O2. The molecule has 0 saturated carbocycles. The van der Waals surface area contributed by atoms with Crippen LogP contribution in [0, 0.1) is 6.92 Å². The number of aliphatic hydroxyl groups is 1. The molecular weight excluding hydrogens is 266 g/mol. The number of aliphatic hydroxyl groups excluding tert-OH is 1. The Morgan fingerprint density at radius 1 is 1.33 bits per heavy atom. The van der Waals surface area contributed by atoms with Crippen molar-refractivity contribution in [1.82, 2.24) is 14.8 Å². The molecule has 2 aromatic rings. The van der Waals surface area contributed by atoms with Gasteiger partial charge in [-0.3, -0.25) is 0 Å². The van der Waals surface area contributed by atoms with E-state index < -0.39 is 6.10 Å². The first-order chi connectivity index (χ1) is 10.1. The third-order valence-electron chi connectivity index (χ3n) is 3.97. The highest BCUT2D eigenvalue weighted by Gasteiger charge is 2.16. The first-order valence-electron chi connectivity index (χ1n) is 7.47. The highest BCUT2D eigenvalue weighted by molar-refractivity contribution is 5.37. The van der Waals surface area contributed by atoms with E-state index in [-0.39, 0.29) is 0 Å². The summed E-state index contributed by atoms with van der Waals surface area (Å²) >= 11 is 0. The lowest BCUT2D eigenvalue weighted by Gasteiger charge is -2.16. The molecule has 1 aromatic heterocycles. The Labute approximate surface area is 124 Å². The summed E-state index contributed by atoms with van der Waals surface area (Å²) in [5.74, 6) is 2.79. The second-order valence-electron chi connectivity index (χ2n) is 5.63. The van der Waals surface area contributed by atoms with Crippen LogP contribution in [-0.4, -0.2) is 19.9 Å². The van der Waals surface area contributed by atoms with Crippen molar-refractivity contribution in [3.05, 3.63) is 41.0 Å². The first kappa shape index (κ1) is 14.1. The molecule has 0 bridgehead atoms. The zero-order chi connectivity index (χ0) is 14.8. The number of nitrogens with zero attached hydrogens (tertiary/aromatic N) is 3. The molecule has 0 unspecified atom stereocenters. The average Bonchev–Trinajstić information content (AvgIpc) is 2.89. The third-order valence-corrected chi connectivity index (χ3v) is 3.97. The van der Waals surface area contributed by atoms with Crippen molar-refractivity contribution in [2.75, 3.05) is 0 Å². The fraction of sp³-hybridized carbons (Fsp3) is 0.500. The van der Waals surface area contributed by atoms with Crippen LogP contribution in [0.3, 0.4) is 0 Å². The van der Waals surface area contributed by atoms with Gasteiger partial charge in [-0.05, 0) is 49.9 Å². The Morgan fingerprint density at radius 2 is 2.19 bits per heavy atom. The topological polar surface area (TPSA) is 60.2 Å². The zero-order valence-corrected chi connectivity index (χ0v) is 12.5. The molecule has 0 radical (unpaired) electrons. The lowest BCUT2D eigenvalue weighted by molar-refractivity contribution is 0.199. The quantitative estimate of drug-likeness (QED) is 0.939. The van der Waals surface area contributed by atoms with Gasteiger partial charge in [0, 0.05) is 13.0 Å². The van der Waals surface area contributed by atoms with E-state index >= 15 is 0 Å². The summed E-state index contributed by atoms with van der Waals surface area (Å²) in [6, 6.07) is 5.76. The third kappa shape index (κ3) is 2.93. The molecule has 0 aliphatic carbocycles. The normalized spacial score (nSPS) is 15.6. The molecule has 0 saturated heterocycles. The van der Waals surface area contributed by atoms with Crippen LogP contribution in [0.15, 0.2) is 18.2 Å². The number of aryl methyl sites for hydroxylation is 2. The summed E-state index contributed by atoms with van der Waals surface area (Å²) in [5.41, 5.74) is 1.92. The Balaban J connectivity index is 1.72. The second-order valence-corrected chi connectivity index (χ2v) is 5.63. The van der Waals surface area contributed by atoms with E-state index in [1.165, 1.54) is 12.8 Å². The van der Waals surface area contributed by atoms with Crippen molar-refractivity contribution in [1.29, 1.82) is 0 Å². The van der Waals surface area contributed by atoms with Crippen LogP contribution in [0.25, 0.3) is 0 Å². The summed E-state index contributed by atoms with van der Waals surface area (Å²) in [6.07, 6.45) is 2.93. The Morgan fingerprint density at radius 3 is 2.95 bits per heavy atom. The standard InChI is InChI=1S/C16H21N3O2/c1-11-9-13(12(2)20)6-7-14(11)21-10-16-18-17-15-5-3-4-8-19(15)16/h6-7,9,12,20H,3-5,8,10H2,1-2H3/t12-/m0/s1. The Kier molecular flexibility index (Phi) is 3.92. The van der Waals surface area contributed by atoms with Gasteiger partial charge in [0.1, 0.15) is 18.2 Å². The van der Waals surface area contributed by atoms with Crippen molar-refractivity contribution in [2.24, 2.45) is 0 Å². The van der Waals surface area contributed by atoms with Gasteiger partial charge < -0.3 is 14.4 Å². The Hall–Kier alpha value is -1.88. The van der Waals surface area contributed by atoms with E-state index in [9.17, 15) is 5.11 Å². The lowest BCUT2D eigenvalue weighted by atomic mass is 10.1. The van der Waals surface area contributed by atoms with E-state index in [4.69, 9.17) is 4.74 Å². The minimum absolute atomic E-state index is 0.432. The van der Waals surface area contributed by atoms with E-state index in [2.05, 4.69) is 14.8 Å². The molecule has 112 valence electrons. The molecule has 1 aromatic carbocycles. The molecule has 21 heavy (non-hydrogen) atoms. The summed E-state index contributed by atoms with van der Waals surface area (Å²) in [6.45, 7) is 5.17. The van der Waals surface area contributed by atoms with Gasteiger partial charge in [-0.15, -0.1) is 10.2 Å². The molecule has 0 fully saturated rings. The average molecular weight is 287 g/mol. The maximum atomic E-state index is 9.59. The van der Waals surface area contributed by atoms with Crippen molar-refractivity contribution >= 4 is 0 Å². The van der Waals surface area contributed by atoms with E-state index in [0.717, 1.165) is 41.5 Å². The SMILES string of the molecule is Cc1cc([C@H](C)O)ccc1OCc1nnc2n1CCCC2. The maximum absolute atomic E-state index is 9.59. The van der Waals surface area contributed by atoms with Crippen LogP contribution in [0.4, 0.5) is 0 Å². The van der Waals surface area contributed by atoms with Crippen molar-refractivity contribution in [3.63, 3.8) is 0 Å². The molecule has 1 aliphatic heterocycles. The summed E-state index contributed by atoms with van der Waals surface area (Å²) in [5, 5.41) is 18.1. The first-order valence-corrected chi connectivity index (χ1v) is 7.47. The predicted molar refractivity (Wildman–Crippen MR) is 79.1 cm³/mol. The minimum atomic E-state index is -0.457. The predicted octanol–water partition coefficient (Wildman–Crippen LogP) is 2.56. The van der Waals surface area contributed by atoms with Gasteiger partial charge in [0.05, 0.1) is 6.10 Å². The van der Waals surface area contributed by atoms with Crippen LogP contribution < -0.4 is 4.74 Å². The van der Waals surface area contributed by atoms with Gasteiger partial charge in [-0.2, -0.15) is 0 Å². The van der Waals surface area contributed by atoms with Gasteiger partial charge in [-0.25, -0.2) is 0 Å². The minimum Gasteiger partial charge on any atom is -0.485 e. The highest BCUT2D eigenvalue weighted by atomic mass is 16.5. The van der Waals surface area contributed by atoms with Gasteiger partial charge in [-0.1, -0.05) is 6.07 Å². The summed E-state index contributed by atoms with van der Waals surface area (Å²) in [7, 11) is 0. The second kappa shape index (κ2) is 5.85. The molecule has 1 N–H and O–H groups in total.